The first-order valence-corrected chi connectivity index (χ1v) is 7.26. The van der Waals surface area contributed by atoms with Crippen LogP contribution in [0.2, 0.25) is 0 Å². The van der Waals surface area contributed by atoms with Crippen LogP contribution >= 0.6 is 0 Å². The topological polar surface area (TPSA) is 31.4 Å². The van der Waals surface area contributed by atoms with E-state index in [2.05, 4.69) is 47.2 Å². The van der Waals surface area contributed by atoms with E-state index in [1.54, 1.807) is 0 Å². The molecule has 1 aromatic rings. The van der Waals surface area contributed by atoms with Crippen LogP contribution < -0.4 is 5.32 Å². The average Bonchev–Trinajstić information content (AvgIpc) is 2.76. The Morgan fingerprint density at radius 2 is 2.37 bits per heavy atom. The van der Waals surface area contributed by atoms with Crippen molar-refractivity contribution in [1.29, 1.82) is 0 Å². The van der Waals surface area contributed by atoms with Crippen LogP contribution in [0, 0.1) is 0 Å². The SMILES string of the molecule is CCNc1ccnc(CN(C)CC2CCCN2C)c1. The predicted octanol–water partition coefficient (Wildman–Crippen LogP) is 2.04. The fourth-order valence-corrected chi connectivity index (χ4v) is 2.79. The highest BCUT2D eigenvalue weighted by Gasteiger charge is 2.22. The Morgan fingerprint density at radius 3 is 3.05 bits per heavy atom. The Hall–Kier alpha value is -1.13. The molecular formula is C15H26N4. The summed E-state index contributed by atoms with van der Waals surface area (Å²) in [5, 5.41) is 3.33. The highest BCUT2D eigenvalue weighted by molar-refractivity contribution is 5.42. The minimum Gasteiger partial charge on any atom is -0.385 e. The second-order valence-corrected chi connectivity index (χ2v) is 5.54. The number of aromatic nitrogens is 1. The van der Waals surface area contributed by atoms with Gasteiger partial charge in [0, 0.05) is 37.6 Å². The number of nitrogens with one attached hydrogen (secondary N) is 1. The zero-order chi connectivity index (χ0) is 13.7. The summed E-state index contributed by atoms with van der Waals surface area (Å²) in [4.78, 5) is 9.31. The molecule has 0 bridgehead atoms. The van der Waals surface area contributed by atoms with E-state index >= 15 is 0 Å². The van der Waals surface area contributed by atoms with E-state index in [4.69, 9.17) is 0 Å². The largest absolute Gasteiger partial charge is 0.385 e. The van der Waals surface area contributed by atoms with Crippen LogP contribution in [-0.2, 0) is 6.54 Å². The first-order chi connectivity index (χ1) is 9.19. The van der Waals surface area contributed by atoms with Gasteiger partial charge in [0.15, 0.2) is 0 Å². The molecule has 1 saturated heterocycles. The lowest BCUT2D eigenvalue weighted by Gasteiger charge is -2.25. The Kier molecular flexibility index (Phi) is 5.16. The quantitative estimate of drug-likeness (QED) is 0.850. The van der Waals surface area contributed by atoms with E-state index in [-0.39, 0.29) is 0 Å². The smallest absolute Gasteiger partial charge is 0.0564 e. The summed E-state index contributed by atoms with van der Waals surface area (Å²) in [5.41, 5.74) is 2.31. The van der Waals surface area contributed by atoms with Crippen molar-refractivity contribution < 1.29 is 0 Å². The molecule has 106 valence electrons. The van der Waals surface area contributed by atoms with Gasteiger partial charge < -0.3 is 10.2 Å². The monoisotopic (exact) mass is 262 g/mol. The predicted molar refractivity (Wildman–Crippen MR) is 80.4 cm³/mol. The van der Waals surface area contributed by atoms with Crippen molar-refractivity contribution in [2.24, 2.45) is 0 Å². The fourth-order valence-electron chi connectivity index (χ4n) is 2.79. The van der Waals surface area contributed by atoms with Crippen molar-refractivity contribution >= 4 is 5.69 Å². The van der Waals surface area contributed by atoms with Crippen LogP contribution in [0.25, 0.3) is 0 Å². The summed E-state index contributed by atoms with van der Waals surface area (Å²) in [6.45, 7) is 6.36. The third kappa shape index (κ3) is 4.18. The summed E-state index contributed by atoms with van der Waals surface area (Å²) in [5.74, 6) is 0. The molecule has 0 aliphatic carbocycles. The lowest BCUT2D eigenvalue weighted by molar-refractivity contribution is 0.214. The summed E-state index contributed by atoms with van der Waals surface area (Å²) < 4.78 is 0. The number of nitrogens with zero attached hydrogens (tertiary/aromatic N) is 3. The second kappa shape index (κ2) is 6.87. The lowest BCUT2D eigenvalue weighted by atomic mass is 10.2. The van der Waals surface area contributed by atoms with Gasteiger partial charge in [-0.3, -0.25) is 9.88 Å². The molecule has 0 spiro atoms. The Balaban J connectivity index is 1.87. The van der Waals surface area contributed by atoms with Gasteiger partial charge in [-0.25, -0.2) is 0 Å². The van der Waals surface area contributed by atoms with Crippen LogP contribution in [0.1, 0.15) is 25.5 Å². The van der Waals surface area contributed by atoms with Crippen LogP contribution in [0.3, 0.4) is 0 Å². The van der Waals surface area contributed by atoms with Gasteiger partial charge >= 0.3 is 0 Å². The number of likely N-dealkylation sites (N-methyl/N-ethyl adjacent to an activating group) is 2. The molecule has 4 nitrogen and oxygen atoms in total. The number of pyridine rings is 1. The Bertz CT molecular complexity index is 393. The zero-order valence-corrected chi connectivity index (χ0v) is 12.4. The van der Waals surface area contributed by atoms with Crippen molar-refractivity contribution in [3.8, 4) is 0 Å². The minimum absolute atomic E-state index is 0.710. The molecule has 1 aromatic heterocycles. The van der Waals surface area contributed by atoms with Gasteiger partial charge in [-0.15, -0.1) is 0 Å². The maximum absolute atomic E-state index is 4.46. The first-order valence-electron chi connectivity index (χ1n) is 7.26. The van der Waals surface area contributed by atoms with E-state index in [0.717, 1.165) is 25.3 Å². The standard InChI is InChI=1S/C15H26N4/c1-4-16-13-7-8-17-14(10-13)11-18(2)12-15-6-5-9-19(15)3/h7-8,10,15H,4-6,9,11-12H2,1-3H3,(H,16,17). The average molecular weight is 262 g/mol. The molecule has 2 rings (SSSR count). The molecule has 1 aliphatic rings. The van der Waals surface area contributed by atoms with Crippen molar-refractivity contribution in [3.05, 3.63) is 24.0 Å². The molecule has 1 unspecified atom stereocenters. The van der Waals surface area contributed by atoms with E-state index in [0.29, 0.717) is 6.04 Å². The molecule has 4 heteroatoms. The van der Waals surface area contributed by atoms with Crippen LogP contribution in [0.5, 0.6) is 0 Å². The molecule has 1 atom stereocenters. The second-order valence-electron chi connectivity index (χ2n) is 5.54. The van der Waals surface area contributed by atoms with E-state index in [1.165, 1.54) is 25.1 Å². The normalized spacial score (nSPS) is 20.1. The van der Waals surface area contributed by atoms with Gasteiger partial charge in [0.25, 0.3) is 0 Å². The van der Waals surface area contributed by atoms with Crippen LogP contribution in [0.15, 0.2) is 18.3 Å². The number of hydrogen-bond donors (Lipinski definition) is 1. The van der Waals surface area contributed by atoms with Crippen LogP contribution in [0.4, 0.5) is 5.69 Å². The summed E-state index contributed by atoms with van der Waals surface area (Å²) >= 11 is 0. The molecule has 0 aromatic carbocycles. The molecule has 0 radical (unpaired) electrons. The maximum atomic E-state index is 4.46. The van der Waals surface area contributed by atoms with Gasteiger partial charge in [-0.1, -0.05) is 0 Å². The number of hydrogen-bond acceptors (Lipinski definition) is 4. The minimum atomic E-state index is 0.710. The first kappa shape index (κ1) is 14.3. The van der Waals surface area contributed by atoms with Crippen molar-refractivity contribution in [1.82, 2.24) is 14.8 Å². The summed E-state index contributed by atoms with van der Waals surface area (Å²) in [6, 6.07) is 4.89. The van der Waals surface area contributed by atoms with Crippen molar-refractivity contribution in [3.63, 3.8) is 0 Å². The Morgan fingerprint density at radius 1 is 1.53 bits per heavy atom. The van der Waals surface area contributed by atoms with Crippen molar-refractivity contribution in [2.45, 2.75) is 32.4 Å². The third-order valence-electron chi connectivity index (χ3n) is 3.82. The van der Waals surface area contributed by atoms with Crippen molar-refractivity contribution in [2.75, 3.05) is 39.0 Å². The zero-order valence-electron chi connectivity index (χ0n) is 12.4. The number of anilines is 1. The molecule has 0 amide bonds. The van der Waals surface area contributed by atoms with Gasteiger partial charge in [0.2, 0.25) is 0 Å². The van der Waals surface area contributed by atoms with Gasteiger partial charge in [-0.2, -0.15) is 0 Å². The highest BCUT2D eigenvalue weighted by Crippen LogP contribution is 2.16. The molecule has 19 heavy (non-hydrogen) atoms. The third-order valence-corrected chi connectivity index (χ3v) is 3.82. The van der Waals surface area contributed by atoms with E-state index in [1.807, 2.05) is 12.3 Å². The lowest BCUT2D eigenvalue weighted by Crippen LogP contribution is -2.36. The Labute approximate surface area is 116 Å². The van der Waals surface area contributed by atoms with Gasteiger partial charge in [0.05, 0.1) is 5.69 Å². The molecular weight excluding hydrogens is 236 g/mol. The molecule has 1 aliphatic heterocycles. The van der Waals surface area contributed by atoms with E-state index < -0.39 is 0 Å². The molecule has 1 N–H and O–H groups in total. The molecule has 2 heterocycles. The fraction of sp³-hybridized carbons (Fsp3) is 0.667. The maximum Gasteiger partial charge on any atom is 0.0564 e. The van der Waals surface area contributed by atoms with E-state index in [9.17, 15) is 0 Å². The molecule has 0 saturated carbocycles. The summed E-state index contributed by atoms with van der Waals surface area (Å²) in [6.07, 6.45) is 4.55. The summed E-state index contributed by atoms with van der Waals surface area (Å²) in [7, 11) is 4.42. The van der Waals surface area contributed by atoms with Gasteiger partial charge in [-0.05, 0) is 52.5 Å². The number of rotatable bonds is 6. The van der Waals surface area contributed by atoms with Crippen LogP contribution in [-0.4, -0.2) is 54.6 Å². The molecule has 1 fully saturated rings. The highest BCUT2D eigenvalue weighted by atomic mass is 15.2. The number of likely N-dealkylation sites (tertiary alicyclic amines) is 1. The van der Waals surface area contributed by atoms with Gasteiger partial charge in [0.1, 0.15) is 0 Å².